The van der Waals surface area contributed by atoms with Gasteiger partial charge in [0.25, 0.3) is 0 Å². The third-order valence-electron chi connectivity index (χ3n) is 10.7. The maximum atomic E-state index is 14.1. The van der Waals surface area contributed by atoms with Crippen LogP contribution in [0.5, 0.6) is 0 Å². The van der Waals surface area contributed by atoms with Crippen molar-refractivity contribution in [3.8, 4) is 0 Å². The van der Waals surface area contributed by atoms with E-state index in [1.54, 1.807) is 55.1 Å². The Bertz CT molecular complexity index is 1380. The van der Waals surface area contributed by atoms with Crippen molar-refractivity contribution in [2.45, 2.75) is 123 Å². The number of carbonyl (C=O) groups excluding carboxylic acids is 4. The fraction of sp³-hybridized carbons (Fsp3) is 0.718. The van der Waals surface area contributed by atoms with Gasteiger partial charge in [0.05, 0.1) is 42.7 Å². The van der Waals surface area contributed by atoms with E-state index in [4.69, 9.17) is 21.1 Å². The van der Waals surface area contributed by atoms with Crippen LogP contribution in [0.15, 0.2) is 24.3 Å². The number of rotatable bonds is 21. The van der Waals surface area contributed by atoms with Crippen molar-refractivity contribution in [2.24, 2.45) is 23.7 Å². The van der Waals surface area contributed by atoms with Gasteiger partial charge in [-0.1, -0.05) is 78.6 Å². The molecule has 1 aromatic carbocycles. The molecule has 5 unspecified atom stereocenters. The lowest BCUT2D eigenvalue weighted by molar-refractivity contribution is -0.148. The lowest BCUT2D eigenvalue weighted by atomic mass is 9.89. The van der Waals surface area contributed by atoms with Crippen molar-refractivity contribution >= 4 is 41.2 Å². The highest BCUT2D eigenvalue weighted by Gasteiger charge is 2.43. The Balaban J connectivity index is 2.27. The van der Waals surface area contributed by atoms with Crippen molar-refractivity contribution in [3.63, 3.8) is 0 Å². The molecule has 1 aliphatic heterocycles. The van der Waals surface area contributed by atoms with Crippen LogP contribution >= 0.6 is 11.6 Å². The molecular weight excluding hydrogens is 702 g/mol. The molecule has 53 heavy (non-hydrogen) atoms. The topological polar surface area (TPSA) is 167 Å². The second kappa shape index (κ2) is 21.6. The van der Waals surface area contributed by atoms with E-state index in [0.717, 1.165) is 0 Å². The van der Waals surface area contributed by atoms with Gasteiger partial charge in [-0.05, 0) is 55.3 Å². The number of nitrogens with zero attached hydrogens (tertiary/aromatic N) is 2. The first-order valence-electron chi connectivity index (χ1n) is 18.8. The maximum absolute atomic E-state index is 14.1. The van der Waals surface area contributed by atoms with Crippen molar-refractivity contribution in [3.05, 3.63) is 34.9 Å². The zero-order valence-electron chi connectivity index (χ0n) is 33.5. The zero-order valence-corrected chi connectivity index (χ0v) is 34.2. The van der Waals surface area contributed by atoms with Gasteiger partial charge in [-0.2, -0.15) is 0 Å². The first-order valence-corrected chi connectivity index (χ1v) is 19.2. The van der Waals surface area contributed by atoms with Crippen molar-refractivity contribution in [1.82, 2.24) is 25.8 Å². The van der Waals surface area contributed by atoms with Gasteiger partial charge >= 0.3 is 5.97 Å². The Morgan fingerprint density at radius 1 is 0.981 bits per heavy atom. The molecule has 1 heterocycles. The van der Waals surface area contributed by atoms with E-state index < -0.39 is 60.2 Å². The van der Waals surface area contributed by atoms with E-state index in [-0.39, 0.29) is 48.3 Å². The summed E-state index contributed by atoms with van der Waals surface area (Å²) in [6.07, 6.45) is 0.654. The summed E-state index contributed by atoms with van der Waals surface area (Å²) in [6, 6.07) is 3.45. The Kier molecular flexibility index (Phi) is 18.7. The molecule has 1 aromatic rings. The quantitative estimate of drug-likeness (QED) is 0.146. The minimum absolute atomic E-state index is 0.0169. The third-order valence-corrected chi connectivity index (χ3v) is 10.9. The van der Waals surface area contributed by atoms with Gasteiger partial charge in [0, 0.05) is 39.3 Å². The van der Waals surface area contributed by atoms with E-state index in [0.29, 0.717) is 36.4 Å². The number of hydrogen-bond donors (Lipinski definition) is 4. The number of hydrogen-bond acceptors (Lipinski definition) is 8. The highest BCUT2D eigenvalue weighted by Crippen LogP contribution is 2.30. The average Bonchev–Trinajstić information content (AvgIpc) is 3.59. The molecule has 4 N–H and O–H groups in total. The highest BCUT2D eigenvalue weighted by molar-refractivity contribution is 6.30. The molecule has 0 saturated carbocycles. The van der Waals surface area contributed by atoms with E-state index in [1.165, 1.54) is 14.2 Å². The lowest BCUT2D eigenvalue weighted by Gasteiger charge is -2.41. The second-order valence-electron chi connectivity index (χ2n) is 15.1. The van der Waals surface area contributed by atoms with Crippen molar-refractivity contribution < 1.29 is 38.6 Å². The van der Waals surface area contributed by atoms with E-state index >= 15 is 0 Å². The summed E-state index contributed by atoms with van der Waals surface area (Å²) in [4.78, 5) is 70.4. The van der Waals surface area contributed by atoms with Crippen LogP contribution in [0.4, 0.5) is 0 Å². The van der Waals surface area contributed by atoms with Crippen LogP contribution < -0.4 is 16.0 Å². The predicted octanol–water partition coefficient (Wildman–Crippen LogP) is 3.76. The standard InChI is InChI=1S/C39H64ClN5O8/c1-12-24(6)34(44(9)38(49)33(23(4)5)43-37(48)32(41-8)22(2)3)30(52-10)21-31(46)45-18-14-17-29(45)35(53-11)25(7)36(47)42-28(39(50)51)20-26-15-13-16-27(40)19-26/h13,15-16,19,22-25,28-30,32-35,41H,12,14,17-18,20-21H2,1-11H3,(H,42,47)(H,43,48)(H,50,51)/t24?,25-,28?,29+,30?,32?,33+,34?,35-/m1/s1. The number of carboxylic acid groups (broad SMARTS) is 1. The van der Waals surface area contributed by atoms with Gasteiger partial charge in [-0.25, -0.2) is 4.79 Å². The molecular formula is C39H64ClN5O8. The molecule has 2 rings (SSSR count). The molecule has 13 nitrogen and oxygen atoms in total. The van der Waals surface area contributed by atoms with Crippen LogP contribution in [-0.2, 0) is 39.9 Å². The van der Waals surface area contributed by atoms with Crippen LogP contribution in [0, 0.1) is 23.7 Å². The van der Waals surface area contributed by atoms with Crippen LogP contribution in [0.3, 0.4) is 0 Å². The van der Waals surface area contributed by atoms with Gasteiger partial charge in [-0.15, -0.1) is 0 Å². The lowest BCUT2D eigenvalue weighted by Crippen LogP contribution is -2.59. The predicted molar refractivity (Wildman–Crippen MR) is 205 cm³/mol. The van der Waals surface area contributed by atoms with Gasteiger partial charge < -0.3 is 40.3 Å². The number of amides is 4. The summed E-state index contributed by atoms with van der Waals surface area (Å²) in [5, 5.41) is 19.0. The Hall–Kier alpha value is -3.26. The fourth-order valence-electron chi connectivity index (χ4n) is 7.45. The number of ether oxygens (including phenoxy) is 2. The summed E-state index contributed by atoms with van der Waals surface area (Å²) < 4.78 is 11.8. The monoisotopic (exact) mass is 765 g/mol. The molecule has 14 heteroatoms. The van der Waals surface area contributed by atoms with Crippen molar-refractivity contribution in [1.29, 1.82) is 0 Å². The van der Waals surface area contributed by atoms with Crippen LogP contribution in [0.2, 0.25) is 5.02 Å². The summed E-state index contributed by atoms with van der Waals surface area (Å²) in [5.74, 6) is -3.41. The average molecular weight is 766 g/mol. The molecule has 1 aliphatic rings. The maximum Gasteiger partial charge on any atom is 0.326 e. The van der Waals surface area contributed by atoms with Crippen LogP contribution in [0.25, 0.3) is 0 Å². The number of likely N-dealkylation sites (tertiary alicyclic amines) is 1. The summed E-state index contributed by atoms with van der Waals surface area (Å²) in [7, 11) is 6.43. The molecule has 0 aromatic heterocycles. The largest absolute Gasteiger partial charge is 0.480 e. The SMILES string of the molecule is CCC(C)C(C(CC(=O)N1CCC[C@H]1[C@H](OC)[C@@H](C)C(=O)NC(Cc1cccc(Cl)c1)C(=O)O)OC)N(C)C(=O)[C@@H](NC(=O)C(NC)C(C)C)C(C)C. The van der Waals surface area contributed by atoms with E-state index in [1.807, 2.05) is 41.5 Å². The van der Waals surface area contributed by atoms with Crippen molar-refractivity contribution in [2.75, 3.05) is 34.9 Å². The number of nitrogens with one attached hydrogen (secondary N) is 3. The van der Waals surface area contributed by atoms with Crippen LogP contribution in [-0.4, -0.2) is 122 Å². The summed E-state index contributed by atoms with van der Waals surface area (Å²) in [5.41, 5.74) is 0.669. The second-order valence-corrected chi connectivity index (χ2v) is 15.5. The summed E-state index contributed by atoms with van der Waals surface area (Å²) in [6.45, 7) is 13.8. The molecule has 300 valence electrons. The van der Waals surface area contributed by atoms with Gasteiger partial charge in [-0.3, -0.25) is 19.2 Å². The van der Waals surface area contributed by atoms with Gasteiger partial charge in [0.2, 0.25) is 23.6 Å². The molecule has 1 fully saturated rings. The number of halogens is 1. The normalized spacial score (nSPS) is 19.1. The summed E-state index contributed by atoms with van der Waals surface area (Å²) >= 11 is 6.08. The Labute approximate surface area is 321 Å². The number of carbonyl (C=O) groups is 5. The molecule has 0 aliphatic carbocycles. The molecule has 1 saturated heterocycles. The van der Waals surface area contributed by atoms with Gasteiger partial charge in [0.1, 0.15) is 12.1 Å². The Morgan fingerprint density at radius 3 is 2.13 bits per heavy atom. The highest BCUT2D eigenvalue weighted by atomic mass is 35.5. The molecule has 0 spiro atoms. The van der Waals surface area contributed by atoms with E-state index in [2.05, 4.69) is 16.0 Å². The first-order chi connectivity index (χ1) is 24.9. The number of aliphatic carboxylic acids is 1. The first kappa shape index (κ1) is 45.9. The molecule has 0 bridgehead atoms. The van der Waals surface area contributed by atoms with Crippen LogP contribution in [0.1, 0.15) is 79.7 Å². The third kappa shape index (κ3) is 12.4. The zero-order chi connectivity index (χ0) is 40.2. The van der Waals surface area contributed by atoms with E-state index in [9.17, 15) is 29.1 Å². The smallest absolute Gasteiger partial charge is 0.326 e. The number of likely N-dealkylation sites (N-methyl/N-ethyl adjacent to an activating group) is 2. The molecule has 4 amide bonds. The minimum atomic E-state index is -1.19. The molecule has 9 atom stereocenters. The number of carboxylic acids is 1. The Morgan fingerprint density at radius 2 is 1.62 bits per heavy atom. The number of methoxy groups -OCH3 is 2. The minimum Gasteiger partial charge on any atom is -0.480 e. The molecule has 0 radical (unpaired) electrons. The fourth-order valence-corrected chi connectivity index (χ4v) is 7.67. The number of benzene rings is 1. The van der Waals surface area contributed by atoms with Gasteiger partial charge in [0.15, 0.2) is 0 Å².